The Bertz CT molecular complexity index is 1630. The van der Waals surface area contributed by atoms with Crippen LogP contribution in [0.2, 0.25) is 0 Å². The summed E-state index contributed by atoms with van der Waals surface area (Å²) in [6, 6.07) is -1.66. The van der Waals surface area contributed by atoms with Crippen LogP contribution in [0.3, 0.4) is 0 Å². The molecular weight excluding hydrogens is 707 g/mol. The molecule has 3 rings (SSSR count). The number of unbranched alkanes of at least 4 members (excludes halogenated alkanes) is 2. The quantitative estimate of drug-likeness (QED) is 0.0779. The van der Waals surface area contributed by atoms with Crippen molar-refractivity contribution in [3.8, 4) is 0 Å². The van der Waals surface area contributed by atoms with Crippen molar-refractivity contribution in [1.82, 2.24) is 30.9 Å². The number of primary amides is 1. The predicted molar refractivity (Wildman–Crippen MR) is 205 cm³/mol. The van der Waals surface area contributed by atoms with Gasteiger partial charge in [0.25, 0.3) is 17.7 Å². The normalized spacial score (nSPS) is 13.3. The Labute approximate surface area is 313 Å². The summed E-state index contributed by atoms with van der Waals surface area (Å²) in [5.41, 5.74) is 18.6. The molecule has 0 aliphatic rings. The minimum Gasteiger partial charge on any atom is -0.365 e. The second kappa shape index (κ2) is 20.1. The van der Waals surface area contributed by atoms with Crippen LogP contribution in [0.1, 0.15) is 159 Å². The highest BCUT2D eigenvalue weighted by molar-refractivity contribution is 7.14. The first kappa shape index (κ1) is 42.1. The van der Waals surface area contributed by atoms with Gasteiger partial charge in [0.05, 0.1) is 50.2 Å². The summed E-state index contributed by atoms with van der Waals surface area (Å²) in [5, 5.41) is 11.4. The third kappa shape index (κ3) is 12.4. The van der Waals surface area contributed by atoms with Gasteiger partial charge in [-0.15, -0.1) is 34.0 Å². The molecule has 4 amide bonds. The topological polar surface area (TPSA) is 221 Å². The van der Waals surface area contributed by atoms with Gasteiger partial charge in [-0.25, -0.2) is 15.0 Å². The number of nitrogens with one attached hydrogen (secondary N) is 3. The molecule has 0 aromatic carbocycles. The van der Waals surface area contributed by atoms with E-state index in [1.54, 1.807) is 6.92 Å². The Morgan fingerprint density at radius 1 is 0.686 bits per heavy atom. The molecule has 16 heteroatoms. The van der Waals surface area contributed by atoms with Crippen molar-refractivity contribution in [2.75, 3.05) is 13.1 Å². The zero-order valence-corrected chi connectivity index (χ0v) is 33.3. The van der Waals surface area contributed by atoms with Crippen molar-refractivity contribution in [3.05, 3.63) is 46.7 Å². The van der Waals surface area contributed by atoms with E-state index in [1.807, 2.05) is 20.8 Å². The SMILES string of the molecule is CC(=O)NC(CCCCN)c1nc(C)sc1C(=O)NC(CC(C)C)c1nc(CCCCN)sc1C(=O)NC(C)c1nc(CC(C)C)sc1C(N)=O. The first-order valence-corrected chi connectivity index (χ1v) is 20.1. The first-order chi connectivity index (χ1) is 24.1. The van der Waals surface area contributed by atoms with Crippen molar-refractivity contribution in [2.45, 2.75) is 118 Å². The molecule has 13 nitrogen and oxygen atoms in total. The maximum atomic E-state index is 14.1. The Morgan fingerprint density at radius 2 is 1.27 bits per heavy atom. The molecule has 0 saturated heterocycles. The summed E-state index contributed by atoms with van der Waals surface area (Å²) >= 11 is 3.82. The Balaban J connectivity index is 2.01. The van der Waals surface area contributed by atoms with Crippen LogP contribution in [0.15, 0.2) is 0 Å². The molecule has 3 atom stereocenters. The number of carbonyl (C=O) groups is 4. The summed E-state index contributed by atoms with van der Waals surface area (Å²) in [7, 11) is 0. The Kier molecular flexibility index (Phi) is 16.6. The van der Waals surface area contributed by atoms with Crippen molar-refractivity contribution < 1.29 is 19.2 Å². The molecule has 282 valence electrons. The van der Waals surface area contributed by atoms with Gasteiger partial charge < -0.3 is 33.2 Å². The molecule has 3 aromatic rings. The number of nitrogens with zero attached hydrogens (tertiary/aromatic N) is 3. The molecule has 0 spiro atoms. The van der Waals surface area contributed by atoms with Gasteiger partial charge in [0.2, 0.25) is 5.91 Å². The fourth-order valence-electron chi connectivity index (χ4n) is 5.71. The minimum absolute atomic E-state index is 0.145. The number of carbonyl (C=O) groups excluding carboxylic acids is 4. The van der Waals surface area contributed by atoms with E-state index < -0.39 is 24.0 Å². The molecular formula is C35H55N9O4S3. The van der Waals surface area contributed by atoms with Crippen LogP contribution in [-0.4, -0.2) is 51.7 Å². The van der Waals surface area contributed by atoms with Crippen LogP contribution in [0.4, 0.5) is 0 Å². The van der Waals surface area contributed by atoms with Crippen LogP contribution < -0.4 is 33.2 Å². The van der Waals surface area contributed by atoms with E-state index in [9.17, 15) is 19.2 Å². The molecule has 0 bridgehead atoms. The third-order valence-corrected chi connectivity index (χ3v) is 11.2. The summed E-state index contributed by atoms with van der Waals surface area (Å²) < 4.78 is 0. The molecule has 0 aliphatic carbocycles. The number of aryl methyl sites for hydroxylation is 2. The number of hydrogen-bond acceptors (Lipinski definition) is 12. The molecule has 3 unspecified atom stereocenters. The maximum Gasteiger partial charge on any atom is 0.263 e. The molecule has 0 saturated carbocycles. The molecule has 0 fully saturated rings. The van der Waals surface area contributed by atoms with Gasteiger partial charge in [0.15, 0.2) is 0 Å². The summed E-state index contributed by atoms with van der Waals surface area (Å²) in [6.07, 6.45) is 5.59. The Hall–Kier alpha value is -3.31. The van der Waals surface area contributed by atoms with Crippen molar-refractivity contribution in [1.29, 1.82) is 0 Å². The van der Waals surface area contributed by atoms with Crippen LogP contribution >= 0.6 is 34.0 Å². The van der Waals surface area contributed by atoms with E-state index in [-0.39, 0.29) is 23.6 Å². The van der Waals surface area contributed by atoms with Gasteiger partial charge in [0, 0.05) is 13.3 Å². The summed E-state index contributed by atoms with van der Waals surface area (Å²) in [5.74, 6) is -1.05. The number of rotatable bonds is 21. The van der Waals surface area contributed by atoms with Crippen LogP contribution in [-0.2, 0) is 17.6 Å². The third-order valence-electron chi connectivity index (χ3n) is 7.97. The fourth-order valence-corrected chi connectivity index (χ4v) is 8.89. The molecule has 3 heterocycles. The predicted octanol–water partition coefficient (Wildman–Crippen LogP) is 5.26. The standard InChI is InChI=1S/C35H55N9O4S3/c1-18(2)16-24(42-35(48)31-28(41-22(7)49-31)23(40-21(6)45)12-8-10-14-36)29-32(50-25(43-29)13-9-11-15-37)34(47)39-20(5)27-30(33(38)46)51-26(44-27)17-19(3)4/h18-20,23-24H,8-17,36-37H2,1-7H3,(H2,38,46)(H,39,47)(H,40,45)(H,42,48). The lowest BCUT2D eigenvalue weighted by Crippen LogP contribution is -2.34. The van der Waals surface area contributed by atoms with Crippen LogP contribution in [0.5, 0.6) is 0 Å². The van der Waals surface area contributed by atoms with E-state index in [2.05, 4.69) is 34.8 Å². The second-order valence-corrected chi connectivity index (χ2v) is 17.1. The van der Waals surface area contributed by atoms with Gasteiger partial charge in [0.1, 0.15) is 14.6 Å². The molecule has 9 N–H and O–H groups in total. The van der Waals surface area contributed by atoms with E-state index in [0.29, 0.717) is 81.4 Å². The van der Waals surface area contributed by atoms with Gasteiger partial charge in [-0.2, -0.15) is 0 Å². The molecule has 0 aliphatic heterocycles. The van der Waals surface area contributed by atoms with Crippen LogP contribution in [0, 0.1) is 18.8 Å². The van der Waals surface area contributed by atoms with Crippen molar-refractivity contribution in [3.63, 3.8) is 0 Å². The second-order valence-electron chi connectivity index (χ2n) is 13.7. The van der Waals surface area contributed by atoms with Gasteiger partial charge in [-0.05, 0) is 83.7 Å². The fraction of sp³-hybridized carbons (Fsp3) is 0.629. The smallest absolute Gasteiger partial charge is 0.263 e. The zero-order valence-electron chi connectivity index (χ0n) is 30.9. The summed E-state index contributed by atoms with van der Waals surface area (Å²) in [4.78, 5) is 68.2. The number of thiazole rings is 3. The lowest BCUT2D eigenvalue weighted by Gasteiger charge is -2.22. The number of amides is 4. The summed E-state index contributed by atoms with van der Waals surface area (Å²) in [6.45, 7) is 14.4. The van der Waals surface area contributed by atoms with Gasteiger partial charge >= 0.3 is 0 Å². The minimum atomic E-state index is -0.612. The highest BCUT2D eigenvalue weighted by Crippen LogP contribution is 2.33. The van der Waals surface area contributed by atoms with Gasteiger partial charge in [-0.3, -0.25) is 19.2 Å². The maximum absolute atomic E-state index is 14.1. The van der Waals surface area contributed by atoms with E-state index in [1.165, 1.54) is 40.9 Å². The van der Waals surface area contributed by atoms with E-state index in [4.69, 9.17) is 27.2 Å². The molecule has 51 heavy (non-hydrogen) atoms. The van der Waals surface area contributed by atoms with Crippen molar-refractivity contribution >= 4 is 57.6 Å². The number of hydrogen-bond donors (Lipinski definition) is 6. The lowest BCUT2D eigenvalue weighted by molar-refractivity contribution is -0.119. The first-order valence-electron chi connectivity index (χ1n) is 17.7. The van der Waals surface area contributed by atoms with E-state index in [0.717, 1.165) is 35.7 Å². The monoisotopic (exact) mass is 761 g/mol. The van der Waals surface area contributed by atoms with Crippen LogP contribution in [0.25, 0.3) is 0 Å². The average molecular weight is 762 g/mol. The zero-order chi connectivity index (χ0) is 37.8. The molecule has 3 aromatic heterocycles. The highest BCUT2D eigenvalue weighted by atomic mass is 32.1. The number of aromatic nitrogens is 3. The largest absolute Gasteiger partial charge is 0.365 e. The lowest BCUT2D eigenvalue weighted by atomic mass is 9.99. The average Bonchev–Trinajstić information content (AvgIpc) is 3.77. The molecule has 0 radical (unpaired) electrons. The Morgan fingerprint density at radius 3 is 1.88 bits per heavy atom. The number of nitrogens with two attached hydrogens (primary N) is 3. The van der Waals surface area contributed by atoms with Crippen molar-refractivity contribution in [2.24, 2.45) is 29.0 Å². The van der Waals surface area contributed by atoms with Gasteiger partial charge in [-0.1, -0.05) is 27.7 Å². The van der Waals surface area contributed by atoms with E-state index >= 15 is 0 Å². The highest BCUT2D eigenvalue weighted by Gasteiger charge is 2.32.